The predicted octanol–water partition coefficient (Wildman–Crippen LogP) is -3.65. The maximum atomic E-state index is 9.44. The van der Waals surface area contributed by atoms with E-state index in [9.17, 15) is 13.0 Å². The van der Waals surface area contributed by atoms with E-state index in [4.69, 9.17) is 0 Å². The SMILES string of the molecule is CCS(=O)(=O)[O-].NS.[Na+]. The van der Waals surface area contributed by atoms with Crippen LogP contribution < -0.4 is 34.7 Å². The van der Waals surface area contributed by atoms with E-state index in [0.29, 0.717) is 0 Å². The van der Waals surface area contributed by atoms with Crippen LogP contribution in [0.25, 0.3) is 0 Å². The normalized spacial score (nSPS) is 8.44. The molecule has 0 aliphatic rings. The number of rotatable bonds is 1. The van der Waals surface area contributed by atoms with Gasteiger partial charge in [0.2, 0.25) is 0 Å². The van der Waals surface area contributed by atoms with Gasteiger partial charge in [-0.1, -0.05) is 6.92 Å². The van der Waals surface area contributed by atoms with E-state index in [0.717, 1.165) is 0 Å². The van der Waals surface area contributed by atoms with Crippen molar-refractivity contribution >= 4 is 22.9 Å². The summed E-state index contributed by atoms with van der Waals surface area (Å²) in [5.41, 5.74) is 0. The van der Waals surface area contributed by atoms with E-state index in [2.05, 4.69) is 18.0 Å². The van der Waals surface area contributed by atoms with Crippen molar-refractivity contribution in [1.82, 2.24) is 0 Å². The Morgan fingerprint density at radius 2 is 1.67 bits per heavy atom. The average Bonchev–Trinajstić information content (AvgIpc) is 1.71. The van der Waals surface area contributed by atoms with Crippen LogP contribution >= 0.6 is 12.8 Å². The Morgan fingerprint density at radius 3 is 1.67 bits per heavy atom. The van der Waals surface area contributed by atoms with E-state index < -0.39 is 10.1 Å². The van der Waals surface area contributed by atoms with Gasteiger partial charge in [-0.15, -0.1) is 12.8 Å². The Bertz CT molecular complexity index is 122. The van der Waals surface area contributed by atoms with Crippen molar-refractivity contribution in [2.24, 2.45) is 5.14 Å². The van der Waals surface area contributed by atoms with E-state index in [1.54, 1.807) is 0 Å². The molecule has 0 amide bonds. The van der Waals surface area contributed by atoms with Crippen molar-refractivity contribution < 1.29 is 42.5 Å². The maximum absolute atomic E-state index is 9.44. The van der Waals surface area contributed by atoms with E-state index in [1.165, 1.54) is 6.92 Å². The molecule has 2 N–H and O–H groups in total. The van der Waals surface area contributed by atoms with Gasteiger partial charge in [-0.25, -0.2) is 8.42 Å². The molecular weight excluding hydrogens is 173 g/mol. The Morgan fingerprint density at radius 1 is 1.56 bits per heavy atom. The molecule has 0 aromatic carbocycles. The Balaban J connectivity index is -0.000000109. The zero-order valence-corrected chi connectivity index (χ0v) is 9.08. The molecule has 0 spiro atoms. The van der Waals surface area contributed by atoms with Crippen molar-refractivity contribution in [3.8, 4) is 0 Å². The molecule has 52 valence electrons. The molecule has 7 heteroatoms. The molecule has 0 atom stereocenters. The predicted molar refractivity (Wildman–Crippen MR) is 33.4 cm³/mol. The largest absolute Gasteiger partial charge is 1.00 e. The Labute approximate surface area is 82.8 Å². The topological polar surface area (TPSA) is 83.2 Å². The molecule has 0 aliphatic heterocycles. The molecule has 0 bridgehead atoms. The number of nitrogens with two attached hydrogens (primary N) is 1. The molecule has 9 heavy (non-hydrogen) atoms. The van der Waals surface area contributed by atoms with Crippen LogP contribution in [-0.2, 0) is 10.1 Å². The second kappa shape index (κ2) is 9.22. The maximum Gasteiger partial charge on any atom is 1.00 e. The first kappa shape index (κ1) is 16.7. The van der Waals surface area contributed by atoms with E-state index in [-0.39, 0.29) is 35.3 Å². The van der Waals surface area contributed by atoms with Gasteiger partial charge < -0.3 is 4.55 Å². The van der Waals surface area contributed by atoms with Gasteiger partial charge in [0.05, 0.1) is 10.1 Å². The summed E-state index contributed by atoms with van der Waals surface area (Å²) in [5.74, 6) is -0.312. The summed E-state index contributed by atoms with van der Waals surface area (Å²) in [5, 5.41) is 4.19. The zero-order valence-electron chi connectivity index (χ0n) is 5.36. The molecular formula is C2H8NNaO3S2. The van der Waals surface area contributed by atoms with Crippen LogP contribution in [-0.4, -0.2) is 18.7 Å². The van der Waals surface area contributed by atoms with Gasteiger partial charge in [-0.2, -0.15) is 0 Å². The van der Waals surface area contributed by atoms with Crippen molar-refractivity contribution in [3.63, 3.8) is 0 Å². The third-order valence-electron chi connectivity index (χ3n) is 0.354. The van der Waals surface area contributed by atoms with Gasteiger partial charge in [0, 0.05) is 5.75 Å². The van der Waals surface area contributed by atoms with Gasteiger partial charge in [-0.05, 0) is 0 Å². The third kappa shape index (κ3) is 27.0. The second-order valence-corrected chi connectivity index (χ2v) is 2.54. The van der Waals surface area contributed by atoms with Crippen molar-refractivity contribution in [3.05, 3.63) is 0 Å². The second-order valence-electron chi connectivity index (χ2n) is 0.846. The van der Waals surface area contributed by atoms with Gasteiger partial charge in [0.25, 0.3) is 0 Å². The van der Waals surface area contributed by atoms with Crippen LogP contribution in [0.3, 0.4) is 0 Å². The summed E-state index contributed by atoms with van der Waals surface area (Å²) in [4.78, 5) is 0. The van der Waals surface area contributed by atoms with E-state index >= 15 is 0 Å². The molecule has 0 aromatic rings. The fraction of sp³-hybridized carbons (Fsp3) is 1.00. The van der Waals surface area contributed by atoms with Crippen molar-refractivity contribution in [2.45, 2.75) is 6.92 Å². The quantitative estimate of drug-likeness (QED) is 0.248. The van der Waals surface area contributed by atoms with Crippen molar-refractivity contribution in [1.29, 1.82) is 0 Å². The summed E-state index contributed by atoms with van der Waals surface area (Å²) >= 11 is 3.03. The molecule has 0 heterocycles. The van der Waals surface area contributed by atoms with Gasteiger partial charge in [-0.3, -0.25) is 5.14 Å². The average molecular weight is 181 g/mol. The Hall–Kier alpha value is 1.22. The van der Waals surface area contributed by atoms with Crippen LogP contribution in [0.5, 0.6) is 0 Å². The van der Waals surface area contributed by atoms with Gasteiger partial charge in [0.15, 0.2) is 0 Å². The first-order valence-corrected chi connectivity index (χ1v) is 3.85. The minimum atomic E-state index is -3.91. The van der Waals surface area contributed by atoms with Crippen LogP contribution in [0.2, 0.25) is 0 Å². The first-order chi connectivity index (χ1) is 3.56. The smallest absolute Gasteiger partial charge is 0.748 e. The fourth-order valence-corrected chi connectivity index (χ4v) is 0. The first-order valence-electron chi connectivity index (χ1n) is 1.75. The zero-order chi connectivity index (χ0) is 7.21. The molecule has 0 rings (SSSR count). The molecule has 0 aliphatic carbocycles. The van der Waals surface area contributed by atoms with Crippen LogP contribution in [0.4, 0.5) is 0 Å². The number of hydrogen-bond acceptors (Lipinski definition) is 5. The van der Waals surface area contributed by atoms with E-state index in [1.807, 2.05) is 0 Å². The minimum absolute atomic E-state index is 0. The summed E-state index contributed by atoms with van der Waals surface area (Å²) < 4.78 is 28.3. The summed E-state index contributed by atoms with van der Waals surface area (Å²) in [7, 11) is -3.91. The summed E-state index contributed by atoms with van der Waals surface area (Å²) in [6.45, 7) is 1.31. The fourth-order valence-electron chi connectivity index (χ4n) is 0. The minimum Gasteiger partial charge on any atom is -0.748 e. The monoisotopic (exact) mass is 181 g/mol. The molecule has 0 unspecified atom stereocenters. The summed E-state index contributed by atoms with van der Waals surface area (Å²) in [6.07, 6.45) is 0. The van der Waals surface area contributed by atoms with Crippen LogP contribution in [0.1, 0.15) is 6.92 Å². The molecule has 0 fully saturated rings. The molecule has 0 saturated heterocycles. The third-order valence-corrected chi connectivity index (χ3v) is 1.06. The standard InChI is InChI=1S/C2H6O3S.H3NS.Na/c1-2-6(3,4)5;1-2;/h2H2,1H3,(H,3,4,5);2H,1H2;/q;;+1/p-1. The van der Waals surface area contributed by atoms with Crippen LogP contribution in [0, 0.1) is 0 Å². The molecule has 0 radical (unpaired) electrons. The van der Waals surface area contributed by atoms with Gasteiger partial charge in [0.1, 0.15) is 0 Å². The molecule has 0 saturated carbocycles. The summed E-state index contributed by atoms with van der Waals surface area (Å²) in [6, 6.07) is 0. The molecule has 4 nitrogen and oxygen atoms in total. The number of hydrogen-bond donors (Lipinski definition) is 2. The van der Waals surface area contributed by atoms with Crippen molar-refractivity contribution in [2.75, 3.05) is 5.75 Å². The number of thiol groups is 1. The van der Waals surface area contributed by atoms with Crippen LogP contribution in [0.15, 0.2) is 0 Å². The molecule has 0 aromatic heterocycles. The Kier molecular flexibility index (Phi) is 17.1. The van der Waals surface area contributed by atoms with Gasteiger partial charge >= 0.3 is 29.6 Å².